The van der Waals surface area contributed by atoms with Crippen LogP contribution < -0.4 is 0 Å². The van der Waals surface area contributed by atoms with E-state index in [4.69, 9.17) is 0 Å². The minimum Gasteiger partial charge on any atom is -0.309 e. The molecule has 0 aliphatic heterocycles. The summed E-state index contributed by atoms with van der Waals surface area (Å²) in [5.41, 5.74) is 16.1. The van der Waals surface area contributed by atoms with Crippen LogP contribution in [0.1, 0.15) is 18.9 Å². The largest absolute Gasteiger partial charge is 0.309 e. The molecule has 2 aromatic heterocycles. The lowest BCUT2D eigenvalue weighted by atomic mass is 9.86. The van der Waals surface area contributed by atoms with E-state index in [0.29, 0.717) is 0 Å². The van der Waals surface area contributed by atoms with E-state index in [2.05, 4.69) is 228 Å². The Morgan fingerprint density at radius 2 is 0.689 bits per heavy atom. The average Bonchev–Trinajstić information content (AvgIpc) is 3.83. The third-order valence-electron chi connectivity index (χ3n) is 12.8. The second-order valence-corrected chi connectivity index (χ2v) is 16.3. The maximum Gasteiger partial charge on any atom is 0.0541 e. The molecule has 12 aromatic rings. The van der Waals surface area contributed by atoms with Crippen LogP contribution >= 0.6 is 0 Å². The summed E-state index contributed by atoms with van der Waals surface area (Å²) in [6.07, 6.45) is 2.17. The first-order valence-electron chi connectivity index (χ1n) is 21.5. The van der Waals surface area contributed by atoms with Crippen molar-refractivity contribution in [1.82, 2.24) is 9.13 Å². The van der Waals surface area contributed by atoms with E-state index in [1.165, 1.54) is 110 Å². The molecule has 0 radical (unpaired) electrons. The third-order valence-corrected chi connectivity index (χ3v) is 12.8. The Morgan fingerprint density at radius 3 is 1.25 bits per heavy atom. The summed E-state index contributed by atoms with van der Waals surface area (Å²) in [5, 5.41) is 10.2. The molecule has 0 amide bonds. The van der Waals surface area contributed by atoms with Crippen molar-refractivity contribution in [2.45, 2.75) is 19.8 Å². The average molecular weight is 779 g/mol. The van der Waals surface area contributed by atoms with Gasteiger partial charge in [-0.05, 0) is 134 Å². The van der Waals surface area contributed by atoms with Crippen molar-refractivity contribution in [3.05, 3.63) is 218 Å². The zero-order valence-corrected chi connectivity index (χ0v) is 34.0. The molecule has 2 nitrogen and oxygen atoms in total. The maximum atomic E-state index is 2.46. The molecule has 288 valence electrons. The molecule has 10 aromatic carbocycles. The molecule has 2 heteroatoms. The van der Waals surface area contributed by atoms with Crippen molar-refractivity contribution >= 4 is 65.2 Å². The molecule has 0 saturated carbocycles. The fraction of sp³-hybridized carbons (Fsp3) is 0.0508. The molecule has 0 unspecified atom stereocenters. The lowest BCUT2D eigenvalue weighted by Crippen LogP contribution is -1.95. The molecule has 61 heavy (non-hydrogen) atoms. The van der Waals surface area contributed by atoms with Crippen LogP contribution in [-0.2, 0) is 6.42 Å². The van der Waals surface area contributed by atoms with E-state index >= 15 is 0 Å². The zero-order valence-electron chi connectivity index (χ0n) is 34.0. The quantitative estimate of drug-likeness (QED) is 0.143. The van der Waals surface area contributed by atoms with Gasteiger partial charge in [0.2, 0.25) is 0 Å². The summed E-state index contributed by atoms with van der Waals surface area (Å²) in [6, 6.07) is 78.5. The predicted molar refractivity (Wildman–Crippen MR) is 260 cm³/mol. The predicted octanol–water partition coefficient (Wildman–Crippen LogP) is 16.1. The lowest BCUT2D eigenvalue weighted by molar-refractivity contribution is 0.923. The highest BCUT2D eigenvalue weighted by Gasteiger charge is 2.19. The highest BCUT2D eigenvalue weighted by atomic mass is 15.0. The molecule has 12 rings (SSSR count). The topological polar surface area (TPSA) is 9.86 Å². The summed E-state index contributed by atoms with van der Waals surface area (Å²) in [7, 11) is 0. The van der Waals surface area contributed by atoms with Crippen molar-refractivity contribution < 1.29 is 0 Å². The zero-order chi connectivity index (χ0) is 40.4. The first kappa shape index (κ1) is 35.3. The molecule has 0 bridgehead atoms. The normalized spacial score (nSPS) is 11.8. The van der Waals surface area contributed by atoms with Gasteiger partial charge in [-0.2, -0.15) is 0 Å². The van der Waals surface area contributed by atoms with Gasteiger partial charge in [0.25, 0.3) is 0 Å². The Balaban J connectivity index is 1.01. The third kappa shape index (κ3) is 5.64. The van der Waals surface area contributed by atoms with Gasteiger partial charge in [0.05, 0.1) is 22.1 Å². The summed E-state index contributed by atoms with van der Waals surface area (Å²) in [6.45, 7) is 2.26. The highest BCUT2D eigenvalue weighted by molar-refractivity contribution is 6.21. The van der Waals surface area contributed by atoms with E-state index in [1.54, 1.807) is 0 Å². The fourth-order valence-electron chi connectivity index (χ4n) is 10.1. The van der Waals surface area contributed by atoms with Crippen LogP contribution in [0.2, 0.25) is 0 Å². The van der Waals surface area contributed by atoms with Gasteiger partial charge in [0.1, 0.15) is 0 Å². The number of benzene rings is 10. The van der Waals surface area contributed by atoms with Gasteiger partial charge in [-0.1, -0.05) is 159 Å². The minimum absolute atomic E-state index is 1.06. The summed E-state index contributed by atoms with van der Waals surface area (Å²) < 4.78 is 4.84. The number of aromatic nitrogens is 2. The molecular formula is C59H42N2. The number of aryl methyl sites for hydroxylation is 1. The summed E-state index contributed by atoms with van der Waals surface area (Å²) in [4.78, 5) is 0. The minimum atomic E-state index is 1.06. The summed E-state index contributed by atoms with van der Waals surface area (Å²) in [5.74, 6) is 0. The number of hydrogen-bond donors (Lipinski definition) is 0. The van der Waals surface area contributed by atoms with Gasteiger partial charge >= 0.3 is 0 Å². The Morgan fingerprint density at radius 1 is 0.295 bits per heavy atom. The molecule has 0 fully saturated rings. The van der Waals surface area contributed by atoms with Gasteiger partial charge in [0.15, 0.2) is 0 Å². The smallest absolute Gasteiger partial charge is 0.0541 e. The van der Waals surface area contributed by atoms with Gasteiger partial charge in [-0.25, -0.2) is 0 Å². The number of para-hydroxylation sites is 2. The van der Waals surface area contributed by atoms with Crippen LogP contribution in [0.3, 0.4) is 0 Å². The van der Waals surface area contributed by atoms with E-state index in [1.807, 2.05) is 0 Å². The van der Waals surface area contributed by atoms with Gasteiger partial charge in [-0.3, -0.25) is 0 Å². The van der Waals surface area contributed by atoms with Crippen molar-refractivity contribution in [2.24, 2.45) is 0 Å². The molecule has 0 aliphatic carbocycles. The SMILES string of the molecule is CCCc1ccc2c(c1)c1cc(-c3ccc4c(c3)c3ccccc3n4-c3ccccc3)ccc1n2-c1ccc(-c2c3ccccc3c(-c3ccccc3)c3ccccc23)cc1. The van der Waals surface area contributed by atoms with Gasteiger partial charge in [-0.15, -0.1) is 0 Å². The Hall–Kier alpha value is -7.68. The van der Waals surface area contributed by atoms with Crippen LogP contribution in [-0.4, -0.2) is 9.13 Å². The van der Waals surface area contributed by atoms with Crippen molar-refractivity contribution in [2.75, 3.05) is 0 Å². The van der Waals surface area contributed by atoms with Crippen molar-refractivity contribution in [3.63, 3.8) is 0 Å². The standard InChI is InChI=1S/C59H42N2/c1-2-15-39-26-33-55-51(36-39)53-38-43(42-29-34-56-52(37-42)46-20-13-14-25-54(46)60(56)44-18-7-4-8-19-44)30-35-57(53)61(55)45-31-27-41(28-32-45)59-49-23-11-9-21-47(49)58(40-16-5-3-6-17-40)48-22-10-12-24-50(48)59/h3-14,16-38H,2,15H2,1H3. The second-order valence-electron chi connectivity index (χ2n) is 16.3. The number of hydrogen-bond acceptors (Lipinski definition) is 0. The molecule has 2 heterocycles. The molecule has 0 N–H and O–H groups in total. The van der Waals surface area contributed by atoms with Crippen molar-refractivity contribution in [3.8, 4) is 44.8 Å². The van der Waals surface area contributed by atoms with E-state index in [0.717, 1.165) is 18.5 Å². The first-order valence-corrected chi connectivity index (χ1v) is 21.5. The van der Waals surface area contributed by atoms with E-state index in [9.17, 15) is 0 Å². The van der Waals surface area contributed by atoms with Crippen molar-refractivity contribution in [1.29, 1.82) is 0 Å². The number of fused-ring (bicyclic) bond motifs is 8. The molecule has 0 aliphatic rings. The molecular weight excluding hydrogens is 737 g/mol. The van der Waals surface area contributed by atoms with Crippen LogP contribution in [0.5, 0.6) is 0 Å². The van der Waals surface area contributed by atoms with E-state index in [-0.39, 0.29) is 0 Å². The Bertz CT molecular complexity index is 3570. The van der Waals surface area contributed by atoms with Gasteiger partial charge < -0.3 is 9.13 Å². The molecule has 0 saturated heterocycles. The number of rotatable bonds is 7. The van der Waals surface area contributed by atoms with E-state index < -0.39 is 0 Å². The second kappa shape index (κ2) is 14.3. The van der Waals surface area contributed by atoms with Crippen LogP contribution in [0, 0.1) is 0 Å². The van der Waals surface area contributed by atoms with Gasteiger partial charge in [0, 0.05) is 32.9 Å². The first-order chi connectivity index (χ1) is 30.2. The van der Waals surface area contributed by atoms with Crippen LogP contribution in [0.15, 0.2) is 212 Å². The number of nitrogens with zero attached hydrogens (tertiary/aromatic N) is 2. The summed E-state index contributed by atoms with van der Waals surface area (Å²) >= 11 is 0. The maximum absolute atomic E-state index is 2.46. The van der Waals surface area contributed by atoms with Crippen LogP contribution in [0.4, 0.5) is 0 Å². The Kier molecular flexibility index (Phi) is 8.24. The highest BCUT2D eigenvalue weighted by Crippen LogP contribution is 2.44. The van der Waals surface area contributed by atoms with Crippen LogP contribution in [0.25, 0.3) is 110 Å². The lowest BCUT2D eigenvalue weighted by Gasteiger charge is -2.18. The molecule has 0 atom stereocenters. The fourth-order valence-corrected chi connectivity index (χ4v) is 10.1. The Labute approximate surface area is 355 Å². The monoisotopic (exact) mass is 778 g/mol. The molecule has 0 spiro atoms.